The first-order valence-corrected chi connectivity index (χ1v) is 5.83. The Kier molecular flexibility index (Phi) is 5.52. The van der Waals surface area contributed by atoms with Gasteiger partial charge >= 0.3 is 18.0 Å². The van der Waals surface area contributed by atoms with Crippen molar-refractivity contribution in [1.82, 2.24) is 4.90 Å². The molecule has 0 bridgehead atoms. The van der Waals surface area contributed by atoms with Gasteiger partial charge in [-0.05, 0) is 12.5 Å². The standard InChI is InChI=1S/C13H15NO6/c1-9(12(17)18)14(7-11(15)16)13(19)20-8-10-5-3-2-4-6-10/h2-6,9H,7-8H2,1H3,(H,15,16)(H,17,18)/t9-/m0/s1. The lowest BCUT2D eigenvalue weighted by Gasteiger charge is -2.23. The highest BCUT2D eigenvalue weighted by Gasteiger charge is 2.28. The van der Waals surface area contributed by atoms with Crippen LogP contribution in [-0.2, 0) is 20.9 Å². The number of carbonyl (C=O) groups is 3. The number of carboxylic acid groups (broad SMARTS) is 2. The number of nitrogens with zero attached hydrogens (tertiary/aromatic N) is 1. The monoisotopic (exact) mass is 281 g/mol. The summed E-state index contributed by atoms with van der Waals surface area (Å²) in [7, 11) is 0. The maximum absolute atomic E-state index is 11.8. The summed E-state index contributed by atoms with van der Waals surface area (Å²) < 4.78 is 4.92. The van der Waals surface area contributed by atoms with Crippen molar-refractivity contribution in [2.45, 2.75) is 19.6 Å². The summed E-state index contributed by atoms with van der Waals surface area (Å²) in [6, 6.07) is 7.50. The zero-order chi connectivity index (χ0) is 15.1. The Balaban J connectivity index is 2.68. The lowest BCUT2D eigenvalue weighted by atomic mass is 10.2. The highest BCUT2D eigenvalue weighted by atomic mass is 16.6. The molecule has 1 rings (SSSR count). The molecular formula is C13H15NO6. The zero-order valence-electron chi connectivity index (χ0n) is 10.9. The van der Waals surface area contributed by atoms with Crippen LogP contribution in [0.15, 0.2) is 30.3 Å². The minimum absolute atomic E-state index is 0.0534. The Hall–Kier alpha value is -2.57. The number of rotatable bonds is 6. The van der Waals surface area contributed by atoms with Crippen molar-refractivity contribution in [3.63, 3.8) is 0 Å². The van der Waals surface area contributed by atoms with E-state index in [1.165, 1.54) is 6.92 Å². The van der Waals surface area contributed by atoms with Gasteiger partial charge in [-0.1, -0.05) is 30.3 Å². The zero-order valence-corrected chi connectivity index (χ0v) is 10.9. The number of benzene rings is 1. The molecule has 1 aromatic carbocycles. The van der Waals surface area contributed by atoms with E-state index in [1.807, 2.05) is 0 Å². The molecule has 0 aromatic heterocycles. The summed E-state index contributed by atoms with van der Waals surface area (Å²) in [5.74, 6) is -2.61. The second-order valence-electron chi connectivity index (χ2n) is 4.08. The van der Waals surface area contributed by atoms with Crippen molar-refractivity contribution < 1.29 is 29.3 Å². The first-order valence-electron chi connectivity index (χ1n) is 5.83. The Bertz CT molecular complexity index is 487. The van der Waals surface area contributed by atoms with E-state index in [9.17, 15) is 14.4 Å². The van der Waals surface area contributed by atoms with E-state index in [4.69, 9.17) is 14.9 Å². The average Bonchev–Trinajstić information content (AvgIpc) is 2.42. The van der Waals surface area contributed by atoms with Crippen LogP contribution in [0.25, 0.3) is 0 Å². The van der Waals surface area contributed by atoms with Crippen LogP contribution < -0.4 is 0 Å². The van der Waals surface area contributed by atoms with E-state index in [2.05, 4.69) is 0 Å². The Labute approximate surface area is 115 Å². The highest BCUT2D eigenvalue weighted by Crippen LogP contribution is 2.06. The molecule has 0 unspecified atom stereocenters. The summed E-state index contributed by atoms with van der Waals surface area (Å²) >= 11 is 0. The molecule has 7 nitrogen and oxygen atoms in total. The molecule has 0 saturated heterocycles. The van der Waals surface area contributed by atoms with Gasteiger partial charge in [-0.2, -0.15) is 0 Å². The van der Waals surface area contributed by atoms with Crippen LogP contribution in [0.2, 0.25) is 0 Å². The molecule has 0 heterocycles. The molecule has 0 saturated carbocycles. The molecule has 0 aliphatic rings. The predicted octanol–water partition coefficient (Wildman–Crippen LogP) is 1.18. The molecule has 20 heavy (non-hydrogen) atoms. The molecule has 0 aliphatic carbocycles. The molecular weight excluding hydrogens is 266 g/mol. The Morgan fingerprint density at radius 1 is 1.20 bits per heavy atom. The minimum Gasteiger partial charge on any atom is -0.480 e. The third-order valence-electron chi connectivity index (χ3n) is 2.57. The summed E-state index contributed by atoms with van der Waals surface area (Å²) in [6.45, 7) is 0.429. The van der Waals surface area contributed by atoms with Gasteiger partial charge < -0.3 is 14.9 Å². The third-order valence-corrected chi connectivity index (χ3v) is 2.57. The van der Waals surface area contributed by atoms with E-state index in [0.717, 1.165) is 5.56 Å². The van der Waals surface area contributed by atoms with Gasteiger partial charge in [0.2, 0.25) is 0 Å². The van der Waals surface area contributed by atoms with E-state index in [1.54, 1.807) is 30.3 Å². The minimum atomic E-state index is -1.31. The number of carboxylic acids is 2. The molecule has 0 spiro atoms. The van der Waals surface area contributed by atoms with E-state index < -0.39 is 30.6 Å². The van der Waals surface area contributed by atoms with Crippen molar-refractivity contribution in [2.75, 3.05) is 6.54 Å². The summed E-state index contributed by atoms with van der Waals surface area (Å²) in [4.78, 5) is 34.0. The van der Waals surface area contributed by atoms with E-state index in [0.29, 0.717) is 4.90 Å². The lowest BCUT2D eigenvalue weighted by Crippen LogP contribution is -2.46. The first-order chi connectivity index (χ1) is 9.41. The Morgan fingerprint density at radius 3 is 2.30 bits per heavy atom. The SMILES string of the molecule is C[C@@H](C(=O)O)N(CC(=O)O)C(=O)OCc1ccccc1. The fraction of sp³-hybridized carbons (Fsp3) is 0.308. The van der Waals surface area contributed by atoms with Crippen LogP contribution in [0.3, 0.4) is 0 Å². The molecule has 108 valence electrons. The molecule has 0 radical (unpaired) electrons. The fourth-order valence-electron chi connectivity index (χ4n) is 1.44. The van der Waals surface area contributed by atoms with E-state index in [-0.39, 0.29) is 6.61 Å². The van der Waals surface area contributed by atoms with Crippen LogP contribution in [0.1, 0.15) is 12.5 Å². The topological polar surface area (TPSA) is 104 Å². The predicted molar refractivity (Wildman–Crippen MR) is 68.1 cm³/mol. The van der Waals surface area contributed by atoms with Crippen molar-refractivity contribution in [1.29, 1.82) is 0 Å². The van der Waals surface area contributed by atoms with Crippen molar-refractivity contribution in [3.05, 3.63) is 35.9 Å². The van der Waals surface area contributed by atoms with Crippen LogP contribution >= 0.6 is 0 Å². The number of amides is 1. The van der Waals surface area contributed by atoms with Gasteiger partial charge in [0.1, 0.15) is 19.2 Å². The van der Waals surface area contributed by atoms with Crippen molar-refractivity contribution in [2.24, 2.45) is 0 Å². The van der Waals surface area contributed by atoms with Crippen LogP contribution in [-0.4, -0.2) is 45.7 Å². The third kappa shape index (κ3) is 4.60. The number of carbonyl (C=O) groups excluding carboxylic acids is 1. The average molecular weight is 281 g/mol. The maximum atomic E-state index is 11.8. The largest absolute Gasteiger partial charge is 0.480 e. The smallest absolute Gasteiger partial charge is 0.411 e. The first kappa shape index (κ1) is 15.5. The second-order valence-corrected chi connectivity index (χ2v) is 4.08. The van der Waals surface area contributed by atoms with Gasteiger partial charge in [0, 0.05) is 0 Å². The lowest BCUT2D eigenvalue weighted by molar-refractivity contribution is -0.144. The number of hydrogen-bond donors (Lipinski definition) is 2. The van der Waals surface area contributed by atoms with Gasteiger partial charge in [0.05, 0.1) is 0 Å². The van der Waals surface area contributed by atoms with Gasteiger partial charge in [-0.15, -0.1) is 0 Å². The normalized spacial score (nSPS) is 11.4. The van der Waals surface area contributed by atoms with Gasteiger partial charge in [-0.25, -0.2) is 9.59 Å². The number of aliphatic carboxylic acids is 2. The molecule has 7 heteroatoms. The molecule has 0 aliphatic heterocycles. The van der Waals surface area contributed by atoms with Crippen molar-refractivity contribution >= 4 is 18.0 Å². The van der Waals surface area contributed by atoms with Crippen LogP contribution in [0.4, 0.5) is 4.79 Å². The van der Waals surface area contributed by atoms with Crippen molar-refractivity contribution in [3.8, 4) is 0 Å². The maximum Gasteiger partial charge on any atom is 0.411 e. The van der Waals surface area contributed by atoms with Gasteiger partial charge in [0.15, 0.2) is 0 Å². The summed E-state index contributed by atoms with van der Waals surface area (Å²) in [5, 5.41) is 17.6. The number of ether oxygens (including phenoxy) is 1. The Morgan fingerprint density at radius 2 is 1.80 bits per heavy atom. The van der Waals surface area contributed by atoms with Crippen LogP contribution in [0, 0.1) is 0 Å². The summed E-state index contributed by atoms with van der Waals surface area (Å²) in [6.07, 6.45) is -0.980. The van der Waals surface area contributed by atoms with Gasteiger partial charge in [0.25, 0.3) is 0 Å². The molecule has 1 amide bonds. The second kappa shape index (κ2) is 7.13. The molecule has 2 N–H and O–H groups in total. The molecule has 0 fully saturated rings. The van der Waals surface area contributed by atoms with Gasteiger partial charge in [-0.3, -0.25) is 9.69 Å². The highest BCUT2D eigenvalue weighted by molar-refractivity contribution is 5.83. The van der Waals surface area contributed by atoms with Crippen LogP contribution in [0.5, 0.6) is 0 Å². The quantitative estimate of drug-likeness (QED) is 0.811. The molecule has 1 aromatic rings. The number of hydrogen-bond acceptors (Lipinski definition) is 4. The fourth-order valence-corrected chi connectivity index (χ4v) is 1.44. The molecule has 1 atom stereocenters. The summed E-state index contributed by atoms with van der Waals surface area (Å²) in [5.41, 5.74) is 0.721. The van der Waals surface area contributed by atoms with E-state index >= 15 is 0 Å².